The third kappa shape index (κ3) is 4.82. The molecular weight excluding hydrogens is 368 g/mol. The molecule has 0 radical (unpaired) electrons. The molecule has 29 heavy (non-hydrogen) atoms. The maximum absolute atomic E-state index is 12.7. The fourth-order valence-electron chi connectivity index (χ4n) is 3.89. The average molecular weight is 396 g/mol. The van der Waals surface area contributed by atoms with Gasteiger partial charge >= 0.3 is 0 Å². The van der Waals surface area contributed by atoms with Gasteiger partial charge in [0.2, 0.25) is 5.91 Å². The van der Waals surface area contributed by atoms with Gasteiger partial charge in [0.15, 0.2) is 11.5 Å². The number of piperazine rings is 1. The van der Waals surface area contributed by atoms with Gasteiger partial charge in [-0.3, -0.25) is 9.69 Å². The van der Waals surface area contributed by atoms with E-state index in [4.69, 9.17) is 14.2 Å². The number of hydrogen-bond acceptors (Lipinski definition) is 5. The monoisotopic (exact) mass is 396 g/mol. The van der Waals surface area contributed by atoms with Crippen molar-refractivity contribution < 1.29 is 19.0 Å². The van der Waals surface area contributed by atoms with Crippen molar-refractivity contribution in [1.82, 2.24) is 9.80 Å². The van der Waals surface area contributed by atoms with Gasteiger partial charge in [-0.25, -0.2) is 0 Å². The summed E-state index contributed by atoms with van der Waals surface area (Å²) in [4.78, 5) is 17.1. The molecule has 2 aromatic carbocycles. The van der Waals surface area contributed by atoms with Gasteiger partial charge in [0.05, 0.1) is 13.5 Å². The number of para-hydroxylation sites is 1. The maximum Gasteiger partial charge on any atom is 0.227 e. The molecule has 1 amide bonds. The molecule has 1 fully saturated rings. The minimum atomic E-state index is 0.172. The van der Waals surface area contributed by atoms with Crippen LogP contribution in [0.25, 0.3) is 0 Å². The summed E-state index contributed by atoms with van der Waals surface area (Å²) >= 11 is 0. The second-order valence-electron chi connectivity index (χ2n) is 7.44. The third-order valence-corrected chi connectivity index (χ3v) is 5.58. The zero-order chi connectivity index (χ0) is 20.1. The first-order valence-corrected chi connectivity index (χ1v) is 10.2. The van der Waals surface area contributed by atoms with Crippen molar-refractivity contribution in [1.29, 1.82) is 0 Å². The van der Waals surface area contributed by atoms with E-state index in [0.29, 0.717) is 19.6 Å². The van der Waals surface area contributed by atoms with E-state index in [1.165, 1.54) is 5.56 Å². The van der Waals surface area contributed by atoms with Crippen LogP contribution in [0.2, 0.25) is 0 Å². The lowest BCUT2D eigenvalue weighted by atomic mass is 10.1. The van der Waals surface area contributed by atoms with Crippen molar-refractivity contribution in [2.24, 2.45) is 0 Å². The van der Waals surface area contributed by atoms with Gasteiger partial charge in [-0.2, -0.15) is 0 Å². The predicted molar refractivity (Wildman–Crippen MR) is 111 cm³/mol. The van der Waals surface area contributed by atoms with E-state index >= 15 is 0 Å². The first kappa shape index (κ1) is 19.6. The Morgan fingerprint density at radius 1 is 1.00 bits per heavy atom. The van der Waals surface area contributed by atoms with E-state index in [1.54, 1.807) is 7.11 Å². The zero-order valence-electron chi connectivity index (χ0n) is 16.9. The lowest BCUT2D eigenvalue weighted by Gasteiger charge is -2.35. The van der Waals surface area contributed by atoms with Crippen LogP contribution < -0.4 is 14.2 Å². The third-order valence-electron chi connectivity index (χ3n) is 5.58. The largest absolute Gasteiger partial charge is 0.496 e. The summed E-state index contributed by atoms with van der Waals surface area (Å²) in [6.45, 7) is 5.47. The smallest absolute Gasteiger partial charge is 0.227 e. The van der Waals surface area contributed by atoms with E-state index in [9.17, 15) is 4.79 Å². The first-order valence-electron chi connectivity index (χ1n) is 10.2. The second-order valence-corrected chi connectivity index (χ2v) is 7.44. The Balaban J connectivity index is 1.25. The van der Waals surface area contributed by atoms with Crippen LogP contribution in [0.4, 0.5) is 0 Å². The molecule has 2 aliphatic rings. The highest BCUT2D eigenvalue weighted by Crippen LogP contribution is 2.31. The minimum Gasteiger partial charge on any atom is -0.496 e. The quantitative estimate of drug-likeness (QED) is 0.751. The number of fused-ring (bicyclic) bond motifs is 1. The normalized spacial score (nSPS) is 16.5. The number of methoxy groups -OCH3 is 1. The van der Waals surface area contributed by atoms with Crippen LogP contribution >= 0.6 is 0 Å². The predicted octanol–water partition coefficient (Wildman–Crippen LogP) is 2.40. The molecule has 0 aliphatic carbocycles. The number of benzene rings is 2. The van der Waals surface area contributed by atoms with Gasteiger partial charge < -0.3 is 19.1 Å². The van der Waals surface area contributed by atoms with Crippen molar-refractivity contribution in [3.05, 3.63) is 53.6 Å². The van der Waals surface area contributed by atoms with Crippen LogP contribution in [0.5, 0.6) is 17.2 Å². The second kappa shape index (κ2) is 9.18. The van der Waals surface area contributed by atoms with Crippen LogP contribution in [-0.4, -0.2) is 68.8 Å². The molecule has 6 nitrogen and oxygen atoms in total. The molecule has 0 unspecified atom stereocenters. The van der Waals surface area contributed by atoms with Crippen molar-refractivity contribution in [3.8, 4) is 17.2 Å². The SMILES string of the molecule is COc1ccccc1CCN1CCN(C(=O)Cc2ccc3c(c2)OCCO3)CC1. The number of carbonyl (C=O) groups is 1. The lowest BCUT2D eigenvalue weighted by molar-refractivity contribution is -0.132. The molecule has 4 rings (SSSR count). The molecule has 0 aromatic heterocycles. The summed E-state index contributed by atoms with van der Waals surface area (Å²) in [6.07, 6.45) is 1.35. The topological polar surface area (TPSA) is 51.2 Å². The van der Waals surface area contributed by atoms with Gasteiger partial charge in [-0.15, -0.1) is 0 Å². The summed E-state index contributed by atoms with van der Waals surface area (Å²) in [5.74, 6) is 2.62. The van der Waals surface area contributed by atoms with Gasteiger partial charge in [-0.05, 0) is 35.7 Å². The molecule has 0 bridgehead atoms. The van der Waals surface area contributed by atoms with Crippen molar-refractivity contribution in [3.63, 3.8) is 0 Å². The van der Waals surface area contributed by atoms with Crippen LogP contribution in [-0.2, 0) is 17.6 Å². The van der Waals surface area contributed by atoms with E-state index in [2.05, 4.69) is 11.0 Å². The molecule has 0 N–H and O–H groups in total. The Labute approximate surface area is 172 Å². The first-order chi connectivity index (χ1) is 14.2. The molecule has 2 heterocycles. The highest BCUT2D eigenvalue weighted by molar-refractivity contribution is 5.79. The lowest BCUT2D eigenvalue weighted by Crippen LogP contribution is -2.49. The maximum atomic E-state index is 12.7. The number of carbonyl (C=O) groups excluding carboxylic acids is 1. The molecule has 6 heteroatoms. The number of ether oxygens (including phenoxy) is 3. The van der Waals surface area contributed by atoms with Crippen molar-refractivity contribution >= 4 is 5.91 Å². The number of rotatable bonds is 6. The number of nitrogens with zero attached hydrogens (tertiary/aromatic N) is 2. The van der Waals surface area contributed by atoms with Crippen molar-refractivity contribution in [2.75, 3.05) is 53.0 Å². The summed E-state index contributed by atoms with van der Waals surface area (Å²) < 4.78 is 16.6. The van der Waals surface area contributed by atoms with E-state index in [1.807, 2.05) is 41.3 Å². The van der Waals surface area contributed by atoms with Gasteiger partial charge in [0.1, 0.15) is 19.0 Å². The molecule has 0 atom stereocenters. The summed E-state index contributed by atoms with van der Waals surface area (Å²) in [6, 6.07) is 13.9. The summed E-state index contributed by atoms with van der Waals surface area (Å²) in [5, 5.41) is 0. The Kier molecular flexibility index (Phi) is 6.20. The van der Waals surface area contributed by atoms with Crippen LogP contribution in [0.15, 0.2) is 42.5 Å². The van der Waals surface area contributed by atoms with Gasteiger partial charge in [-0.1, -0.05) is 24.3 Å². The molecule has 2 aromatic rings. The van der Waals surface area contributed by atoms with Crippen molar-refractivity contribution in [2.45, 2.75) is 12.8 Å². The highest BCUT2D eigenvalue weighted by atomic mass is 16.6. The molecule has 0 spiro atoms. The number of amides is 1. The zero-order valence-corrected chi connectivity index (χ0v) is 16.9. The van der Waals surface area contributed by atoms with Gasteiger partial charge in [0, 0.05) is 32.7 Å². The Morgan fingerprint density at radius 3 is 2.55 bits per heavy atom. The Morgan fingerprint density at radius 2 is 1.76 bits per heavy atom. The number of hydrogen-bond donors (Lipinski definition) is 0. The molecule has 1 saturated heterocycles. The molecule has 0 saturated carbocycles. The molecule has 2 aliphatic heterocycles. The van der Waals surface area contributed by atoms with Crippen LogP contribution in [0.3, 0.4) is 0 Å². The van der Waals surface area contributed by atoms with Crippen LogP contribution in [0, 0.1) is 0 Å². The Hall–Kier alpha value is -2.73. The van der Waals surface area contributed by atoms with E-state index in [0.717, 1.165) is 62.0 Å². The molecular formula is C23H28N2O4. The summed E-state index contributed by atoms with van der Waals surface area (Å²) in [5.41, 5.74) is 2.20. The van der Waals surface area contributed by atoms with Gasteiger partial charge in [0.25, 0.3) is 0 Å². The highest BCUT2D eigenvalue weighted by Gasteiger charge is 2.22. The van der Waals surface area contributed by atoms with E-state index < -0.39 is 0 Å². The fourth-order valence-corrected chi connectivity index (χ4v) is 3.89. The van der Waals surface area contributed by atoms with E-state index in [-0.39, 0.29) is 5.91 Å². The Bertz CT molecular complexity index is 847. The van der Waals surface area contributed by atoms with Crippen LogP contribution in [0.1, 0.15) is 11.1 Å². The molecule has 154 valence electrons. The average Bonchev–Trinajstić information content (AvgIpc) is 2.78. The fraction of sp³-hybridized carbons (Fsp3) is 0.435. The minimum absolute atomic E-state index is 0.172. The summed E-state index contributed by atoms with van der Waals surface area (Å²) in [7, 11) is 1.71. The standard InChI is InChI=1S/C23H28N2O4/c1-27-20-5-3-2-4-19(20)8-9-24-10-12-25(13-11-24)23(26)17-18-6-7-21-22(16-18)29-15-14-28-21/h2-7,16H,8-15,17H2,1H3.